The van der Waals surface area contributed by atoms with Gasteiger partial charge in [0.25, 0.3) is 0 Å². The molecule has 1 N–H and O–H groups in total. The van der Waals surface area contributed by atoms with Gasteiger partial charge in [0, 0.05) is 16.6 Å². The van der Waals surface area contributed by atoms with Crippen LogP contribution in [0.4, 0.5) is 5.69 Å². The van der Waals surface area contributed by atoms with Gasteiger partial charge < -0.3 is 5.32 Å². The van der Waals surface area contributed by atoms with Crippen LogP contribution in [0.15, 0.2) is 65.6 Å². The number of sulfonamides is 1. The van der Waals surface area contributed by atoms with Crippen LogP contribution in [0.25, 0.3) is 0 Å². The van der Waals surface area contributed by atoms with Crippen molar-refractivity contribution in [2.45, 2.75) is 11.4 Å². The minimum Gasteiger partial charge on any atom is -0.324 e. The Kier molecular flexibility index (Phi) is 8.33. The lowest BCUT2D eigenvalue weighted by molar-refractivity contribution is -0.116. The zero-order chi connectivity index (χ0) is 23.5. The normalized spacial score (nSPS) is 11.6. The molecule has 0 heterocycles. The van der Waals surface area contributed by atoms with Gasteiger partial charge in [0.2, 0.25) is 15.9 Å². The summed E-state index contributed by atoms with van der Waals surface area (Å²) in [5, 5.41) is 3.89. The average molecular weight is 553 g/mol. The standard InChI is InChI=1S/C21H15Cl5N2O3S/c22-14-5-7-15(8-6-14)32(30,31)28(11-13-3-1-2-4-16(13)23)12-21(29)27-20-10-18(25)17(24)9-19(20)26/h1-10H,11-12H2,(H,27,29). The first-order valence-corrected chi connectivity index (χ1v) is 12.3. The molecule has 0 spiro atoms. The van der Waals surface area contributed by atoms with Crippen LogP contribution in [0.1, 0.15) is 5.56 Å². The van der Waals surface area contributed by atoms with Crippen LogP contribution in [0.3, 0.4) is 0 Å². The Bertz CT molecular complexity index is 1250. The van der Waals surface area contributed by atoms with Crippen molar-refractivity contribution in [3.63, 3.8) is 0 Å². The summed E-state index contributed by atoms with van der Waals surface area (Å²) in [5.74, 6) is -0.630. The molecule has 168 valence electrons. The van der Waals surface area contributed by atoms with Crippen molar-refractivity contribution in [3.8, 4) is 0 Å². The number of carbonyl (C=O) groups excluding carboxylic acids is 1. The summed E-state index contributed by atoms with van der Waals surface area (Å²) in [6, 6.07) is 15.2. The smallest absolute Gasteiger partial charge is 0.243 e. The van der Waals surface area contributed by atoms with E-state index in [1.807, 2.05) is 0 Å². The fourth-order valence-electron chi connectivity index (χ4n) is 2.77. The highest BCUT2D eigenvalue weighted by Crippen LogP contribution is 2.32. The van der Waals surface area contributed by atoms with Crippen molar-refractivity contribution in [3.05, 3.63) is 91.3 Å². The zero-order valence-electron chi connectivity index (χ0n) is 16.2. The van der Waals surface area contributed by atoms with Gasteiger partial charge in [-0.1, -0.05) is 76.2 Å². The first-order valence-electron chi connectivity index (χ1n) is 9.01. The number of amides is 1. The third-order valence-electron chi connectivity index (χ3n) is 4.36. The Labute approximate surface area is 210 Å². The molecule has 3 rings (SSSR count). The van der Waals surface area contributed by atoms with Crippen molar-refractivity contribution in [2.24, 2.45) is 0 Å². The van der Waals surface area contributed by atoms with Crippen LogP contribution in [-0.2, 0) is 21.4 Å². The maximum absolute atomic E-state index is 13.3. The molecule has 0 aromatic heterocycles. The predicted molar refractivity (Wildman–Crippen MR) is 131 cm³/mol. The molecule has 0 radical (unpaired) electrons. The maximum Gasteiger partial charge on any atom is 0.243 e. The molecule has 0 atom stereocenters. The van der Waals surface area contributed by atoms with Crippen molar-refractivity contribution in [1.29, 1.82) is 0 Å². The van der Waals surface area contributed by atoms with Gasteiger partial charge in [0.15, 0.2) is 0 Å². The summed E-state index contributed by atoms with van der Waals surface area (Å²) in [6.45, 7) is -0.639. The molecule has 11 heteroatoms. The molecule has 0 fully saturated rings. The number of nitrogens with one attached hydrogen (secondary N) is 1. The second kappa shape index (κ2) is 10.6. The van der Waals surface area contributed by atoms with Crippen LogP contribution in [0, 0.1) is 0 Å². The van der Waals surface area contributed by atoms with Gasteiger partial charge in [0.1, 0.15) is 0 Å². The fraction of sp³-hybridized carbons (Fsp3) is 0.0952. The second-order valence-corrected chi connectivity index (χ2v) is 10.6. The van der Waals surface area contributed by atoms with E-state index in [0.29, 0.717) is 15.6 Å². The molecular weight excluding hydrogens is 538 g/mol. The summed E-state index contributed by atoms with van der Waals surface area (Å²) >= 11 is 30.1. The van der Waals surface area contributed by atoms with Crippen LogP contribution >= 0.6 is 58.0 Å². The second-order valence-electron chi connectivity index (χ2n) is 6.61. The van der Waals surface area contributed by atoms with Crippen molar-refractivity contribution in [2.75, 3.05) is 11.9 Å². The monoisotopic (exact) mass is 550 g/mol. The van der Waals surface area contributed by atoms with Crippen molar-refractivity contribution >= 4 is 79.6 Å². The number of hydrogen-bond acceptors (Lipinski definition) is 3. The Morgan fingerprint density at radius 1 is 0.812 bits per heavy atom. The van der Waals surface area contributed by atoms with E-state index in [9.17, 15) is 13.2 Å². The van der Waals surface area contributed by atoms with Crippen molar-refractivity contribution < 1.29 is 13.2 Å². The van der Waals surface area contributed by atoms with E-state index >= 15 is 0 Å². The molecule has 0 saturated carbocycles. The maximum atomic E-state index is 13.3. The first kappa shape index (κ1) is 25.1. The Morgan fingerprint density at radius 3 is 2.09 bits per heavy atom. The largest absolute Gasteiger partial charge is 0.324 e. The van der Waals surface area contributed by atoms with E-state index in [2.05, 4.69) is 5.32 Å². The van der Waals surface area contributed by atoms with Gasteiger partial charge in [0.05, 0.1) is 32.2 Å². The molecule has 3 aromatic rings. The number of nitrogens with zero attached hydrogens (tertiary/aromatic N) is 1. The molecule has 0 unspecified atom stereocenters. The van der Waals surface area contributed by atoms with Gasteiger partial charge >= 0.3 is 0 Å². The van der Waals surface area contributed by atoms with Crippen LogP contribution in [0.5, 0.6) is 0 Å². The summed E-state index contributed by atoms with van der Waals surface area (Å²) in [6.07, 6.45) is 0. The van der Waals surface area contributed by atoms with E-state index in [0.717, 1.165) is 4.31 Å². The molecule has 3 aromatic carbocycles. The lowest BCUT2D eigenvalue weighted by Crippen LogP contribution is -2.37. The Balaban J connectivity index is 1.92. The summed E-state index contributed by atoms with van der Waals surface area (Å²) in [4.78, 5) is 12.8. The minimum absolute atomic E-state index is 0.0191. The third-order valence-corrected chi connectivity index (χ3v) is 7.82. The molecule has 0 bridgehead atoms. The van der Waals surface area contributed by atoms with E-state index in [-0.39, 0.29) is 32.2 Å². The topological polar surface area (TPSA) is 66.5 Å². The third kappa shape index (κ3) is 6.08. The Hall–Kier alpha value is -1.51. The summed E-state index contributed by atoms with van der Waals surface area (Å²) in [7, 11) is -4.07. The minimum atomic E-state index is -4.07. The van der Waals surface area contributed by atoms with Gasteiger partial charge in [-0.25, -0.2) is 8.42 Å². The SMILES string of the molecule is O=C(CN(Cc1ccccc1Cl)S(=O)(=O)c1ccc(Cl)cc1)Nc1cc(Cl)c(Cl)cc1Cl. The van der Waals surface area contributed by atoms with Gasteiger partial charge in [-0.3, -0.25) is 4.79 Å². The predicted octanol–water partition coefficient (Wildman–Crippen LogP) is 6.78. The number of halogens is 5. The lowest BCUT2D eigenvalue weighted by atomic mass is 10.2. The highest BCUT2D eigenvalue weighted by molar-refractivity contribution is 7.89. The molecule has 0 aliphatic carbocycles. The quantitative estimate of drug-likeness (QED) is 0.329. The van der Waals surface area contributed by atoms with E-state index in [1.54, 1.807) is 24.3 Å². The highest BCUT2D eigenvalue weighted by atomic mass is 35.5. The van der Waals surface area contributed by atoms with E-state index in [4.69, 9.17) is 58.0 Å². The van der Waals surface area contributed by atoms with Crippen LogP contribution in [0.2, 0.25) is 25.1 Å². The highest BCUT2D eigenvalue weighted by Gasteiger charge is 2.28. The Morgan fingerprint density at radius 2 is 1.44 bits per heavy atom. The zero-order valence-corrected chi connectivity index (χ0v) is 20.8. The molecule has 0 saturated heterocycles. The molecule has 5 nitrogen and oxygen atoms in total. The number of carbonyl (C=O) groups is 1. The van der Waals surface area contributed by atoms with E-state index in [1.165, 1.54) is 36.4 Å². The molecule has 1 amide bonds. The molecule has 0 aliphatic heterocycles. The number of hydrogen-bond donors (Lipinski definition) is 1. The van der Waals surface area contributed by atoms with Gasteiger partial charge in [-0.15, -0.1) is 0 Å². The fourth-order valence-corrected chi connectivity index (χ4v) is 5.06. The number of anilines is 1. The molecular formula is C21H15Cl5N2O3S. The summed E-state index contributed by atoms with van der Waals surface area (Å²) in [5.41, 5.74) is 0.736. The molecule has 32 heavy (non-hydrogen) atoms. The average Bonchev–Trinajstić information content (AvgIpc) is 2.73. The van der Waals surface area contributed by atoms with E-state index < -0.39 is 22.5 Å². The van der Waals surface area contributed by atoms with Gasteiger partial charge in [-0.05, 0) is 48.0 Å². The first-order chi connectivity index (χ1) is 15.1. The number of rotatable bonds is 7. The summed E-state index contributed by atoms with van der Waals surface area (Å²) < 4.78 is 27.6. The number of benzene rings is 3. The molecule has 0 aliphatic rings. The van der Waals surface area contributed by atoms with Crippen LogP contribution < -0.4 is 5.32 Å². The van der Waals surface area contributed by atoms with Crippen LogP contribution in [-0.4, -0.2) is 25.2 Å². The van der Waals surface area contributed by atoms with Gasteiger partial charge in [-0.2, -0.15) is 4.31 Å². The lowest BCUT2D eigenvalue weighted by Gasteiger charge is -2.22. The van der Waals surface area contributed by atoms with Crippen molar-refractivity contribution in [1.82, 2.24) is 4.31 Å².